The standard InChI is InChI=1S/C21H24N8O2/c1-13-8-18(28-11-14(2)24-12-28)22-9-16(13)25-20-23-10-17-19(26-20)29(21(30)27(17)3)15-4-6-31-7-5-15/h8-12,15H,4-7H2,1-3H3,(H,23,25,26). The zero-order valence-corrected chi connectivity index (χ0v) is 17.7. The van der Waals surface area contributed by atoms with Gasteiger partial charge < -0.3 is 10.1 Å². The minimum atomic E-state index is -0.0776. The van der Waals surface area contributed by atoms with Gasteiger partial charge in [0, 0.05) is 32.5 Å². The molecule has 0 aromatic carbocycles. The van der Waals surface area contributed by atoms with Gasteiger partial charge in [0.15, 0.2) is 5.65 Å². The molecule has 1 aliphatic rings. The Morgan fingerprint density at radius 3 is 2.65 bits per heavy atom. The molecule has 4 aromatic rings. The number of aromatic nitrogens is 7. The van der Waals surface area contributed by atoms with Crippen molar-refractivity contribution in [2.75, 3.05) is 18.5 Å². The van der Waals surface area contributed by atoms with Gasteiger partial charge in [-0.15, -0.1) is 0 Å². The summed E-state index contributed by atoms with van der Waals surface area (Å²) in [5, 5.41) is 3.25. The van der Waals surface area contributed by atoms with Crippen LogP contribution in [-0.4, -0.2) is 46.9 Å². The van der Waals surface area contributed by atoms with Gasteiger partial charge in [-0.2, -0.15) is 4.98 Å². The van der Waals surface area contributed by atoms with Gasteiger partial charge in [0.1, 0.15) is 17.7 Å². The van der Waals surface area contributed by atoms with Gasteiger partial charge in [0.25, 0.3) is 0 Å². The Bertz CT molecular complexity index is 1310. The number of fused-ring (bicyclic) bond motifs is 1. The van der Waals surface area contributed by atoms with Crippen molar-refractivity contribution in [1.82, 2.24) is 33.6 Å². The van der Waals surface area contributed by atoms with Gasteiger partial charge in [0.05, 0.1) is 23.8 Å². The minimum Gasteiger partial charge on any atom is -0.381 e. The summed E-state index contributed by atoms with van der Waals surface area (Å²) < 4.78 is 10.7. The lowest BCUT2D eigenvalue weighted by molar-refractivity contribution is 0.0695. The summed E-state index contributed by atoms with van der Waals surface area (Å²) in [6, 6.07) is 2.05. The molecular weight excluding hydrogens is 396 g/mol. The fraction of sp³-hybridized carbons (Fsp3) is 0.381. The monoisotopic (exact) mass is 420 g/mol. The number of nitrogens with zero attached hydrogens (tertiary/aromatic N) is 7. The number of anilines is 2. The lowest BCUT2D eigenvalue weighted by Gasteiger charge is -2.22. The molecule has 0 aliphatic carbocycles. The average Bonchev–Trinajstić information content (AvgIpc) is 3.31. The first-order valence-electron chi connectivity index (χ1n) is 10.3. The lowest BCUT2D eigenvalue weighted by Crippen LogP contribution is -2.30. The fourth-order valence-corrected chi connectivity index (χ4v) is 3.95. The molecule has 0 saturated carbocycles. The zero-order chi connectivity index (χ0) is 21.5. The van der Waals surface area contributed by atoms with E-state index in [9.17, 15) is 4.79 Å². The quantitative estimate of drug-likeness (QED) is 0.541. The molecule has 10 heteroatoms. The zero-order valence-electron chi connectivity index (χ0n) is 17.7. The normalized spacial score (nSPS) is 14.9. The Balaban J connectivity index is 1.49. The summed E-state index contributed by atoms with van der Waals surface area (Å²) in [5.74, 6) is 1.21. The molecule has 0 unspecified atom stereocenters. The number of pyridine rings is 1. The van der Waals surface area contributed by atoms with E-state index in [-0.39, 0.29) is 11.7 Å². The van der Waals surface area contributed by atoms with Crippen molar-refractivity contribution in [3.05, 3.63) is 52.7 Å². The molecule has 0 radical (unpaired) electrons. The highest BCUT2D eigenvalue weighted by atomic mass is 16.5. The summed E-state index contributed by atoms with van der Waals surface area (Å²) in [7, 11) is 1.75. The van der Waals surface area contributed by atoms with Gasteiger partial charge in [-0.3, -0.25) is 13.7 Å². The van der Waals surface area contributed by atoms with Crippen molar-refractivity contribution in [1.29, 1.82) is 0 Å². The number of aryl methyl sites for hydroxylation is 3. The molecule has 10 nitrogen and oxygen atoms in total. The number of imidazole rings is 2. The Kier molecular flexibility index (Phi) is 4.78. The van der Waals surface area contributed by atoms with E-state index in [1.807, 2.05) is 30.7 Å². The van der Waals surface area contributed by atoms with Crippen LogP contribution in [0, 0.1) is 13.8 Å². The van der Waals surface area contributed by atoms with Gasteiger partial charge in [-0.1, -0.05) is 0 Å². The van der Waals surface area contributed by atoms with Crippen molar-refractivity contribution in [3.63, 3.8) is 0 Å². The van der Waals surface area contributed by atoms with Gasteiger partial charge >= 0.3 is 5.69 Å². The van der Waals surface area contributed by atoms with Crippen LogP contribution in [0.4, 0.5) is 11.6 Å². The summed E-state index contributed by atoms with van der Waals surface area (Å²) in [4.78, 5) is 30.7. The average molecular weight is 420 g/mol. The molecule has 0 bridgehead atoms. The third-order valence-electron chi connectivity index (χ3n) is 5.71. The Hall–Kier alpha value is -3.53. The van der Waals surface area contributed by atoms with Crippen molar-refractivity contribution in [3.8, 4) is 5.82 Å². The number of hydrogen-bond donors (Lipinski definition) is 1. The molecule has 1 N–H and O–H groups in total. The molecule has 5 rings (SSSR count). The highest BCUT2D eigenvalue weighted by molar-refractivity contribution is 5.73. The van der Waals surface area contributed by atoms with E-state index >= 15 is 0 Å². The molecule has 1 saturated heterocycles. The van der Waals surface area contributed by atoms with Crippen LogP contribution in [0.3, 0.4) is 0 Å². The van der Waals surface area contributed by atoms with Crippen molar-refractivity contribution in [2.45, 2.75) is 32.7 Å². The number of ether oxygens (including phenoxy) is 1. The van der Waals surface area contributed by atoms with Crippen LogP contribution in [0.5, 0.6) is 0 Å². The molecule has 0 spiro atoms. The van der Waals surface area contributed by atoms with Crippen LogP contribution in [0.1, 0.15) is 30.1 Å². The third-order valence-corrected chi connectivity index (χ3v) is 5.71. The predicted octanol–water partition coefficient (Wildman–Crippen LogP) is 2.42. The second-order valence-corrected chi connectivity index (χ2v) is 7.86. The highest BCUT2D eigenvalue weighted by Crippen LogP contribution is 2.25. The Morgan fingerprint density at radius 1 is 1.13 bits per heavy atom. The van der Waals surface area contributed by atoms with E-state index in [1.165, 1.54) is 0 Å². The van der Waals surface area contributed by atoms with Crippen LogP contribution in [0.25, 0.3) is 17.0 Å². The highest BCUT2D eigenvalue weighted by Gasteiger charge is 2.23. The number of rotatable bonds is 4. The number of hydrogen-bond acceptors (Lipinski definition) is 7. The van der Waals surface area contributed by atoms with E-state index < -0.39 is 0 Å². The van der Waals surface area contributed by atoms with E-state index in [4.69, 9.17) is 4.74 Å². The fourth-order valence-electron chi connectivity index (χ4n) is 3.95. The van der Waals surface area contributed by atoms with Crippen LogP contribution in [0.15, 0.2) is 35.8 Å². The van der Waals surface area contributed by atoms with Crippen LogP contribution < -0.4 is 11.0 Å². The molecule has 4 aromatic heterocycles. The van der Waals surface area contributed by atoms with Gasteiger partial charge in [-0.25, -0.2) is 19.7 Å². The van der Waals surface area contributed by atoms with Crippen LogP contribution >= 0.6 is 0 Å². The van der Waals surface area contributed by atoms with Gasteiger partial charge in [-0.05, 0) is 38.3 Å². The smallest absolute Gasteiger partial charge is 0.330 e. The molecule has 5 heterocycles. The van der Waals surface area contributed by atoms with Crippen molar-refractivity contribution < 1.29 is 4.74 Å². The lowest BCUT2D eigenvalue weighted by atomic mass is 10.1. The second kappa shape index (κ2) is 7.62. The first-order chi connectivity index (χ1) is 15.0. The topological polar surface area (TPSA) is 105 Å². The molecule has 31 heavy (non-hydrogen) atoms. The first-order valence-corrected chi connectivity index (χ1v) is 10.3. The number of nitrogens with one attached hydrogen (secondary N) is 1. The third kappa shape index (κ3) is 3.48. The molecule has 1 fully saturated rings. The molecule has 1 aliphatic heterocycles. The van der Waals surface area contributed by atoms with E-state index in [0.717, 1.165) is 35.6 Å². The SMILES string of the molecule is Cc1cn(-c2cc(C)c(Nc3ncc4c(n3)n(C3CCOCC3)c(=O)n4C)cn2)cn1. The summed E-state index contributed by atoms with van der Waals surface area (Å²) in [5.41, 5.74) is 3.99. The van der Waals surface area contributed by atoms with E-state index in [1.54, 1.807) is 34.9 Å². The van der Waals surface area contributed by atoms with Gasteiger partial charge in [0.2, 0.25) is 5.95 Å². The predicted molar refractivity (Wildman–Crippen MR) is 116 cm³/mol. The van der Waals surface area contributed by atoms with E-state index in [0.29, 0.717) is 30.3 Å². The minimum absolute atomic E-state index is 0.0776. The van der Waals surface area contributed by atoms with E-state index in [2.05, 4.69) is 25.3 Å². The molecule has 0 atom stereocenters. The van der Waals surface area contributed by atoms with Crippen molar-refractivity contribution >= 4 is 22.8 Å². The van der Waals surface area contributed by atoms with Crippen molar-refractivity contribution in [2.24, 2.45) is 7.05 Å². The largest absolute Gasteiger partial charge is 0.381 e. The maximum absolute atomic E-state index is 12.9. The van der Waals surface area contributed by atoms with Crippen LogP contribution in [0.2, 0.25) is 0 Å². The maximum Gasteiger partial charge on any atom is 0.330 e. The summed E-state index contributed by atoms with van der Waals surface area (Å²) in [6.07, 6.45) is 8.70. The maximum atomic E-state index is 12.9. The molecular formula is C21H24N8O2. The summed E-state index contributed by atoms with van der Waals surface area (Å²) in [6.45, 7) is 5.24. The molecule has 0 amide bonds. The first kappa shape index (κ1) is 19.4. The molecule has 160 valence electrons. The summed E-state index contributed by atoms with van der Waals surface area (Å²) >= 11 is 0. The Labute approximate surface area is 178 Å². The Morgan fingerprint density at radius 2 is 1.94 bits per heavy atom. The second-order valence-electron chi connectivity index (χ2n) is 7.86. The van der Waals surface area contributed by atoms with Crippen LogP contribution in [-0.2, 0) is 11.8 Å².